The van der Waals surface area contributed by atoms with Crippen molar-refractivity contribution in [3.8, 4) is 0 Å². The van der Waals surface area contributed by atoms with Gasteiger partial charge < -0.3 is 0 Å². The van der Waals surface area contributed by atoms with Crippen LogP contribution in [0.3, 0.4) is 0 Å². The fourth-order valence-corrected chi connectivity index (χ4v) is 5.97. The molecular formula is C22H18N2O2S4. The number of thioether (sulfide) groups is 2. The second kappa shape index (κ2) is 8.63. The Morgan fingerprint density at radius 1 is 0.667 bits per heavy atom. The van der Waals surface area contributed by atoms with Crippen molar-refractivity contribution in [2.75, 3.05) is 9.80 Å². The van der Waals surface area contributed by atoms with Crippen molar-refractivity contribution in [2.45, 2.75) is 26.7 Å². The maximum atomic E-state index is 13.2. The van der Waals surface area contributed by atoms with Gasteiger partial charge in [-0.15, -0.1) is 0 Å². The summed E-state index contributed by atoms with van der Waals surface area (Å²) in [6.45, 7) is 4.15. The Morgan fingerprint density at radius 2 is 1.00 bits per heavy atom. The summed E-state index contributed by atoms with van der Waals surface area (Å²) in [6.07, 6.45) is 1.83. The number of hydrogen-bond acceptors (Lipinski definition) is 6. The fourth-order valence-electron chi connectivity index (χ4n) is 3.22. The number of nitrogens with zero attached hydrogens (tertiary/aromatic N) is 2. The molecule has 2 heterocycles. The van der Waals surface area contributed by atoms with Crippen molar-refractivity contribution in [1.29, 1.82) is 0 Å². The van der Waals surface area contributed by atoms with Crippen molar-refractivity contribution in [2.24, 2.45) is 0 Å². The molecule has 0 aliphatic carbocycles. The van der Waals surface area contributed by atoms with Crippen molar-refractivity contribution < 1.29 is 9.59 Å². The molecule has 2 aliphatic heterocycles. The van der Waals surface area contributed by atoms with Crippen LogP contribution in [0.4, 0.5) is 11.4 Å². The van der Waals surface area contributed by atoms with E-state index in [9.17, 15) is 9.59 Å². The highest BCUT2D eigenvalue weighted by atomic mass is 32.2. The van der Waals surface area contributed by atoms with Gasteiger partial charge in [0.1, 0.15) is 0 Å². The molecule has 152 valence electrons. The number of hydrogen-bond donors (Lipinski definition) is 0. The summed E-state index contributed by atoms with van der Waals surface area (Å²) in [5, 5.41) is 0. The van der Waals surface area contributed by atoms with Gasteiger partial charge in [-0.3, -0.25) is 19.4 Å². The molecule has 2 fully saturated rings. The van der Waals surface area contributed by atoms with Gasteiger partial charge in [0.25, 0.3) is 11.8 Å². The molecule has 4 rings (SSSR count). The van der Waals surface area contributed by atoms with Crippen LogP contribution in [-0.2, 0) is 22.4 Å². The van der Waals surface area contributed by atoms with Gasteiger partial charge >= 0.3 is 0 Å². The quantitative estimate of drug-likeness (QED) is 0.437. The highest BCUT2D eigenvalue weighted by Crippen LogP contribution is 2.44. The Kier molecular flexibility index (Phi) is 6.11. The first-order chi connectivity index (χ1) is 14.4. The average Bonchev–Trinajstić information content (AvgIpc) is 3.22. The first-order valence-electron chi connectivity index (χ1n) is 9.49. The minimum Gasteiger partial charge on any atom is -0.268 e. The third-order valence-electron chi connectivity index (χ3n) is 4.95. The minimum absolute atomic E-state index is 0.281. The molecule has 8 heteroatoms. The third-order valence-corrected chi connectivity index (χ3v) is 7.82. The largest absolute Gasteiger partial charge is 0.272 e. The molecule has 0 aromatic heterocycles. The van der Waals surface area contributed by atoms with E-state index >= 15 is 0 Å². The zero-order valence-corrected chi connectivity index (χ0v) is 19.6. The zero-order chi connectivity index (χ0) is 21.4. The van der Waals surface area contributed by atoms with Crippen LogP contribution < -0.4 is 9.80 Å². The Labute approximate surface area is 194 Å². The number of thiocarbonyl (C=S) groups is 2. The Bertz CT molecular complexity index is 1000. The smallest absolute Gasteiger partial charge is 0.268 e. The van der Waals surface area contributed by atoms with E-state index in [4.69, 9.17) is 24.4 Å². The predicted molar refractivity (Wildman–Crippen MR) is 134 cm³/mol. The predicted octanol–water partition coefficient (Wildman–Crippen LogP) is 5.45. The minimum atomic E-state index is -0.281. The topological polar surface area (TPSA) is 40.6 Å². The maximum absolute atomic E-state index is 13.2. The van der Waals surface area contributed by atoms with Crippen LogP contribution in [-0.4, -0.2) is 20.5 Å². The van der Waals surface area contributed by atoms with Crippen LogP contribution in [0.1, 0.15) is 25.0 Å². The summed E-state index contributed by atoms with van der Waals surface area (Å²) >= 11 is 13.2. The summed E-state index contributed by atoms with van der Waals surface area (Å²) in [5.74, 6) is -0.563. The molecule has 0 unspecified atom stereocenters. The van der Waals surface area contributed by atoms with Gasteiger partial charge in [0, 0.05) is 0 Å². The standard InChI is InChI=1S/C22H18N2O2S4/c1-3-13-5-9-15(10-6-13)23-19(25)17(29-21(23)27)18-20(26)24(22(28)30-18)16-11-7-14(4-2)8-12-16/h5-12H,3-4H2,1-2H3/b18-17+. The fraction of sp³-hybridized carbons (Fsp3) is 0.182. The number of rotatable bonds is 4. The number of carbonyl (C=O) groups is 2. The van der Waals surface area contributed by atoms with Gasteiger partial charge in [-0.2, -0.15) is 0 Å². The number of anilines is 2. The maximum Gasteiger partial charge on any atom is 0.272 e. The molecule has 0 atom stereocenters. The normalized spacial score (nSPS) is 19.4. The lowest BCUT2D eigenvalue weighted by Gasteiger charge is -2.15. The van der Waals surface area contributed by atoms with Gasteiger partial charge in [-0.25, -0.2) is 0 Å². The molecule has 0 spiro atoms. The number of benzene rings is 2. The first kappa shape index (κ1) is 21.2. The highest BCUT2D eigenvalue weighted by molar-refractivity contribution is 8.30. The number of amides is 2. The van der Waals surface area contributed by atoms with E-state index < -0.39 is 0 Å². The average molecular weight is 471 g/mol. The molecule has 0 saturated carbocycles. The van der Waals surface area contributed by atoms with E-state index in [1.165, 1.54) is 20.9 Å². The molecule has 0 N–H and O–H groups in total. The summed E-state index contributed by atoms with van der Waals surface area (Å²) in [4.78, 5) is 30.0. The van der Waals surface area contributed by atoms with Gasteiger partial charge in [0.15, 0.2) is 8.64 Å². The Morgan fingerprint density at radius 3 is 1.30 bits per heavy atom. The summed E-state index contributed by atoms with van der Waals surface area (Å²) in [5.41, 5.74) is 3.77. The van der Waals surface area contributed by atoms with Gasteiger partial charge in [0.2, 0.25) is 0 Å². The molecule has 2 aromatic carbocycles. The molecule has 2 saturated heterocycles. The molecular weight excluding hydrogens is 453 g/mol. The van der Waals surface area contributed by atoms with E-state index in [-0.39, 0.29) is 11.8 Å². The molecule has 30 heavy (non-hydrogen) atoms. The molecule has 2 aliphatic rings. The SMILES string of the molecule is CCc1ccc(N2C(=O)/C(=C3\SC(=S)N(c4ccc(CC)cc4)C3=O)SC2=S)cc1. The van der Waals surface area contributed by atoms with E-state index in [1.807, 2.05) is 48.5 Å². The summed E-state index contributed by atoms with van der Waals surface area (Å²) in [7, 11) is 0. The van der Waals surface area contributed by atoms with Crippen LogP contribution in [0, 0.1) is 0 Å². The van der Waals surface area contributed by atoms with E-state index in [0.717, 1.165) is 36.4 Å². The lowest BCUT2D eigenvalue weighted by atomic mass is 10.1. The highest BCUT2D eigenvalue weighted by Gasteiger charge is 2.43. The lowest BCUT2D eigenvalue weighted by molar-refractivity contribution is -0.115. The van der Waals surface area contributed by atoms with Gasteiger partial charge in [-0.1, -0.05) is 86.1 Å². The first-order valence-corrected chi connectivity index (χ1v) is 11.9. The van der Waals surface area contributed by atoms with Crippen LogP contribution in [0.2, 0.25) is 0 Å². The Balaban J connectivity index is 1.65. The number of carbonyl (C=O) groups excluding carboxylic acids is 2. The molecule has 2 aromatic rings. The summed E-state index contributed by atoms with van der Waals surface area (Å²) < 4.78 is 0.827. The van der Waals surface area contributed by atoms with Gasteiger partial charge in [0.05, 0.1) is 21.2 Å². The van der Waals surface area contributed by atoms with Crippen LogP contribution >= 0.6 is 48.0 Å². The summed E-state index contributed by atoms with van der Waals surface area (Å²) in [6, 6.07) is 15.4. The van der Waals surface area contributed by atoms with Crippen molar-refractivity contribution in [3.63, 3.8) is 0 Å². The van der Waals surface area contributed by atoms with Crippen molar-refractivity contribution >= 4 is 79.8 Å². The van der Waals surface area contributed by atoms with Crippen LogP contribution in [0.25, 0.3) is 0 Å². The monoisotopic (exact) mass is 470 g/mol. The zero-order valence-electron chi connectivity index (χ0n) is 16.4. The van der Waals surface area contributed by atoms with Crippen molar-refractivity contribution in [1.82, 2.24) is 0 Å². The molecule has 0 bridgehead atoms. The van der Waals surface area contributed by atoms with Crippen molar-refractivity contribution in [3.05, 3.63) is 69.5 Å². The molecule has 4 nitrogen and oxygen atoms in total. The lowest BCUT2D eigenvalue weighted by Crippen LogP contribution is -2.29. The van der Waals surface area contributed by atoms with Crippen LogP contribution in [0.5, 0.6) is 0 Å². The third kappa shape index (κ3) is 3.73. The van der Waals surface area contributed by atoms with Gasteiger partial charge in [-0.05, 0) is 48.2 Å². The van der Waals surface area contributed by atoms with E-state index in [0.29, 0.717) is 29.8 Å². The number of aryl methyl sites for hydroxylation is 2. The van der Waals surface area contributed by atoms with E-state index in [2.05, 4.69) is 13.8 Å². The second-order valence-corrected chi connectivity index (χ2v) is 10.0. The van der Waals surface area contributed by atoms with Crippen LogP contribution in [0.15, 0.2) is 58.3 Å². The Hall–Kier alpha value is -2.00. The molecule has 2 amide bonds. The second-order valence-electron chi connectivity index (χ2n) is 6.72. The van der Waals surface area contributed by atoms with E-state index in [1.54, 1.807) is 0 Å². The molecule has 0 radical (unpaired) electrons.